The van der Waals surface area contributed by atoms with Crippen LogP contribution in [0.1, 0.15) is 24.2 Å². The SMILES string of the molecule is CC(=O)Nc1snc(Br)c1C(C)=O. The van der Waals surface area contributed by atoms with Gasteiger partial charge in [0.25, 0.3) is 0 Å². The van der Waals surface area contributed by atoms with Gasteiger partial charge < -0.3 is 5.32 Å². The van der Waals surface area contributed by atoms with Crippen molar-refractivity contribution in [1.29, 1.82) is 0 Å². The number of nitrogens with zero attached hydrogens (tertiary/aromatic N) is 1. The molecule has 70 valence electrons. The molecule has 0 saturated carbocycles. The fourth-order valence-electron chi connectivity index (χ4n) is 0.821. The minimum Gasteiger partial charge on any atom is -0.316 e. The van der Waals surface area contributed by atoms with Crippen LogP contribution < -0.4 is 5.32 Å². The highest BCUT2D eigenvalue weighted by molar-refractivity contribution is 9.10. The van der Waals surface area contributed by atoms with Gasteiger partial charge in [0, 0.05) is 6.92 Å². The first-order valence-corrected chi connectivity index (χ1v) is 5.02. The molecule has 0 saturated heterocycles. The molecule has 6 heteroatoms. The molecule has 0 atom stereocenters. The van der Waals surface area contributed by atoms with Crippen LogP contribution in [0.5, 0.6) is 0 Å². The summed E-state index contributed by atoms with van der Waals surface area (Å²) in [6, 6.07) is 0. The van der Waals surface area contributed by atoms with Crippen molar-refractivity contribution in [3.05, 3.63) is 10.2 Å². The van der Waals surface area contributed by atoms with Crippen molar-refractivity contribution in [3.8, 4) is 0 Å². The molecule has 0 fully saturated rings. The van der Waals surface area contributed by atoms with E-state index in [9.17, 15) is 9.59 Å². The van der Waals surface area contributed by atoms with Crippen LogP contribution in [0.15, 0.2) is 4.60 Å². The fraction of sp³-hybridized carbons (Fsp3) is 0.286. The zero-order valence-corrected chi connectivity index (χ0v) is 9.45. The molecule has 0 unspecified atom stereocenters. The maximum Gasteiger partial charge on any atom is 0.221 e. The predicted molar refractivity (Wildman–Crippen MR) is 54.1 cm³/mol. The summed E-state index contributed by atoms with van der Waals surface area (Å²) < 4.78 is 4.39. The van der Waals surface area contributed by atoms with Gasteiger partial charge in [0.1, 0.15) is 9.60 Å². The monoisotopic (exact) mass is 262 g/mol. The lowest BCUT2D eigenvalue weighted by Crippen LogP contribution is -2.07. The zero-order chi connectivity index (χ0) is 10.0. The predicted octanol–water partition coefficient (Wildman–Crippen LogP) is 2.07. The van der Waals surface area contributed by atoms with E-state index in [-0.39, 0.29) is 11.7 Å². The molecule has 1 heterocycles. The van der Waals surface area contributed by atoms with E-state index < -0.39 is 0 Å². The smallest absolute Gasteiger partial charge is 0.221 e. The number of hydrogen-bond donors (Lipinski definition) is 1. The Kier molecular flexibility index (Phi) is 3.16. The van der Waals surface area contributed by atoms with Crippen molar-refractivity contribution in [2.45, 2.75) is 13.8 Å². The average Bonchev–Trinajstić information content (AvgIpc) is 2.30. The second kappa shape index (κ2) is 3.97. The Morgan fingerprint density at radius 3 is 2.54 bits per heavy atom. The third-order valence-corrected chi connectivity index (χ3v) is 2.86. The number of hydrogen-bond acceptors (Lipinski definition) is 4. The van der Waals surface area contributed by atoms with Crippen LogP contribution in [0, 0.1) is 0 Å². The third-order valence-electron chi connectivity index (χ3n) is 1.29. The summed E-state index contributed by atoms with van der Waals surface area (Å²) >= 11 is 4.22. The van der Waals surface area contributed by atoms with Crippen molar-refractivity contribution < 1.29 is 9.59 Å². The number of carbonyl (C=O) groups excluding carboxylic acids is 2. The first-order valence-electron chi connectivity index (χ1n) is 3.46. The second-order valence-corrected chi connectivity index (χ2v) is 3.94. The van der Waals surface area contributed by atoms with Crippen LogP contribution in [0.25, 0.3) is 0 Å². The summed E-state index contributed by atoms with van der Waals surface area (Å²) in [4.78, 5) is 21.9. The molecule has 0 aliphatic heterocycles. The molecule has 0 aliphatic rings. The Morgan fingerprint density at radius 1 is 1.46 bits per heavy atom. The highest BCUT2D eigenvalue weighted by Crippen LogP contribution is 2.28. The first-order chi connectivity index (χ1) is 6.02. The Bertz CT molecular complexity index is 361. The van der Waals surface area contributed by atoms with Crippen molar-refractivity contribution in [3.63, 3.8) is 0 Å². The van der Waals surface area contributed by atoms with Gasteiger partial charge in [0.05, 0.1) is 5.56 Å². The van der Waals surface area contributed by atoms with Crippen LogP contribution in [-0.4, -0.2) is 16.1 Å². The van der Waals surface area contributed by atoms with Crippen LogP contribution in [0.3, 0.4) is 0 Å². The zero-order valence-electron chi connectivity index (χ0n) is 7.05. The lowest BCUT2D eigenvalue weighted by atomic mass is 10.2. The molecule has 0 bridgehead atoms. The van der Waals surface area contributed by atoms with Crippen molar-refractivity contribution in [1.82, 2.24) is 4.37 Å². The van der Waals surface area contributed by atoms with E-state index in [2.05, 4.69) is 25.6 Å². The Balaban J connectivity index is 3.07. The van der Waals surface area contributed by atoms with Gasteiger partial charge in [0.15, 0.2) is 5.78 Å². The summed E-state index contributed by atoms with van der Waals surface area (Å²) in [7, 11) is 0. The third kappa shape index (κ3) is 2.35. The average molecular weight is 263 g/mol. The van der Waals surface area contributed by atoms with Crippen molar-refractivity contribution in [2.75, 3.05) is 5.32 Å². The van der Waals surface area contributed by atoms with Gasteiger partial charge in [-0.25, -0.2) is 0 Å². The van der Waals surface area contributed by atoms with Crippen molar-refractivity contribution >= 4 is 44.2 Å². The van der Waals surface area contributed by atoms with Crippen LogP contribution in [0.2, 0.25) is 0 Å². The van der Waals surface area contributed by atoms with E-state index in [1.807, 2.05) is 0 Å². The molecule has 1 N–H and O–H groups in total. The normalized spacial score (nSPS) is 9.77. The number of anilines is 1. The molecule has 0 aliphatic carbocycles. The Labute approximate surface area is 87.6 Å². The van der Waals surface area contributed by atoms with E-state index in [0.717, 1.165) is 11.5 Å². The van der Waals surface area contributed by atoms with Crippen LogP contribution >= 0.6 is 27.5 Å². The van der Waals surface area contributed by atoms with Gasteiger partial charge in [-0.05, 0) is 34.4 Å². The molecule has 1 aromatic heterocycles. The molecule has 13 heavy (non-hydrogen) atoms. The Hall–Kier alpha value is -0.750. The number of rotatable bonds is 2. The summed E-state index contributed by atoms with van der Waals surface area (Å²) in [5.74, 6) is -0.331. The topological polar surface area (TPSA) is 59.1 Å². The number of nitrogens with one attached hydrogen (secondary N) is 1. The maximum atomic E-state index is 11.1. The standard InChI is InChI=1S/C7H7BrN2O2S/c1-3(11)5-6(8)10-13-7(5)9-4(2)12/h1-2H3,(H,9,12). The minimum atomic E-state index is -0.210. The molecule has 0 aromatic carbocycles. The molecule has 1 amide bonds. The molecule has 1 aromatic rings. The summed E-state index contributed by atoms with van der Waals surface area (Å²) in [6.07, 6.45) is 0. The second-order valence-electron chi connectivity index (χ2n) is 2.41. The van der Waals surface area contributed by atoms with Gasteiger partial charge in [-0.3, -0.25) is 9.59 Å². The lowest BCUT2D eigenvalue weighted by molar-refractivity contribution is -0.114. The minimum absolute atomic E-state index is 0.121. The van der Waals surface area contributed by atoms with Crippen LogP contribution in [-0.2, 0) is 4.79 Å². The highest BCUT2D eigenvalue weighted by Gasteiger charge is 2.16. The number of aromatic nitrogens is 1. The summed E-state index contributed by atoms with van der Waals surface area (Å²) in [6.45, 7) is 2.82. The van der Waals surface area contributed by atoms with E-state index >= 15 is 0 Å². The lowest BCUT2D eigenvalue weighted by Gasteiger charge is -1.98. The van der Waals surface area contributed by atoms with Crippen molar-refractivity contribution in [2.24, 2.45) is 0 Å². The molecule has 4 nitrogen and oxygen atoms in total. The van der Waals surface area contributed by atoms with E-state index in [1.165, 1.54) is 13.8 Å². The summed E-state index contributed by atoms with van der Waals surface area (Å²) in [5, 5.41) is 3.03. The largest absolute Gasteiger partial charge is 0.316 e. The summed E-state index contributed by atoms with van der Waals surface area (Å²) in [5.41, 5.74) is 0.431. The molecule has 0 spiro atoms. The number of Topliss-reactive ketones (excluding diaryl/α,β-unsaturated/α-hetero) is 1. The highest BCUT2D eigenvalue weighted by atomic mass is 79.9. The van der Waals surface area contributed by atoms with E-state index in [1.54, 1.807) is 0 Å². The molecular weight excluding hydrogens is 256 g/mol. The number of ketones is 1. The van der Waals surface area contributed by atoms with Gasteiger partial charge in [-0.2, -0.15) is 4.37 Å². The maximum absolute atomic E-state index is 11.1. The molecule has 0 radical (unpaired) electrons. The number of carbonyl (C=O) groups is 2. The van der Waals surface area contributed by atoms with E-state index in [0.29, 0.717) is 15.2 Å². The number of halogens is 1. The molecular formula is C7H7BrN2O2S. The molecule has 1 rings (SSSR count). The van der Waals surface area contributed by atoms with Gasteiger partial charge in [-0.1, -0.05) is 0 Å². The van der Waals surface area contributed by atoms with Gasteiger partial charge in [0.2, 0.25) is 5.91 Å². The van der Waals surface area contributed by atoms with E-state index in [4.69, 9.17) is 0 Å². The van der Waals surface area contributed by atoms with Crippen LogP contribution in [0.4, 0.5) is 5.00 Å². The fourth-order valence-corrected chi connectivity index (χ4v) is 2.43. The first kappa shape index (κ1) is 10.3. The Morgan fingerprint density at radius 2 is 2.08 bits per heavy atom. The quantitative estimate of drug-likeness (QED) is 0.831. The van der Waals surface area contributed by atoms with Gasteiger partial charge >= 0.3 is 0 Å². The number of amides is 1. The van der Waals surface area contributed by atoms with Gasteiger partial charge in [-0.15, -0.1) is 0 Å².